The number of aliphatic hydroxyl groups is 3. The zero-order valence-corrected chi connectivity index (χ0v) is 32.6. The molecule has 0 aromatic heterocycles. The van der Waals surface area contributed by atoms with Crippen molar-refractivity contribution in [1.29, 1.82) is 0 Å². The predicted octanol–water partition coefficient (Wildman–Crippen LogP) is 9.51. The third-order valence-corrected chi connectivity index (χ3v) is 9.14. The lowest BCUT2D eigenvalue weighted by Crippen LogP contribution is -2.35. The zero-order valence-electron chi connectivity index (χ0n) is 32.6. The highest BCUT2D eigenvalue weighted by atomic mass is 19.4. The van der Waals surface area contributed by atoms with Crippen molar-refractivity contribution in [3.8, 4) is 0 Å². The van der Waals surface area contributed by atoms with Crippen LogP contribution in [0.4, 0.5) is 45.2 Å². The van der Waals surface area contributed by atoms with Crippen molar-refractivity contribution in [2.75, 3.05) is 25.4 Å². The fourth-order valence-corrected chi connectivity index (χ4v) is 6.06. The van der Waals surface area contributed by atoms with E-state index in [1.54, 1.807) is 42.5 Å². The molecule has 62 heavy (non-hydrogen) atoms. The van der Waals surface area contributed by atoms with Gasteiger partial charge in [0.05, 0.1) is 0 Å². The van der Waals surface area contributed by atoms with Gasteiger partial charge in [-0.25, -0.2) is 0 Å². The van der Waals surface area contributed by atoms with Gasteiger partial charge in [0.2, 0.25) is 17.3 Å². The highest BCUT2D eigenvalue weighted by molar-refractivity contribution is 6.05. The van der Waals surface area contributed by atoms with Crippen LogP contribution in [0.15, 0.2) is 133 Å². The molecule has 0 bridgehead atoms. The molecule has 0 radical (unpaired) electrons. The van der Waals surface area contributed by atoms with E-state index in [1.165, 1.54) is 42.5 Å². The van der Waals surface area contributed by atoms with E-state index in [2.05, 4.69) is 0 Å². The molecule has 4 rings (SSSR count). The van der Waals surface area contributed by atoms with Crippen LogP contribution in [0.3, 0.4) is 0 Å². The summed E-state index contributed by atoms with van der Waals surface area (Å²) in [5.41, 5.74) is 8.91. The van der Waals surface area contributed by atoms with Crippen LogP contribution in [0.1, 0.15) is 48.5 Å². The van der Waals surface area contributed by atoms with Crippen molar-refractivity contribution in [2.45, 2.75) is 51.0 Å². The minimum absolute atomic E-state index is 0.0597. The zero-order chi connectivity index (χ0) is 45.8. The van der Waals surface area contributed by atoms with Crippen LogP contribution in [0.2, 0.25) is 0 Å². The molecule has 4 aromatic carbocycles. The van der Waals surface area contributed by atoms with Gasteiger partial charge in [-0.2, -0.15) is 39.5 Å². The number of nitrogens with two attached hydrogens (primary N) is 1. The number of halogens is 9. The maximum Gasteiger partial charge on any atom is 0.448 e. The summed E-state index contributed by atoms with van der Waals surface area (Å²) in [6.07, 6.45) is -15.1. The quantitative estimate of drug-likeness (QED) is 0.0238. The van der Waals surface area contributed by atoms with Crippen molar-refractivity contribution in [2.24, 2.45) is 0 Å². The van der Waals surface area contributed by atoms with E-state index in [9.17, 15) is 69.2 Å². The van der Waals surface area contributed by atoms with E-state index in [0.717, 1.165) is 5.56 Å². The van der Waals surface area contributed by atoms with E-state index in [1.807, 2.05) is 21.9 Å². The number of nitrogens with zero attached hydrogens (tertiary/aromatic N) is 2. The Balaban J connectivity index is 1.65. The van der Waals surface area contributed by atoms with Crippen molar-refractivity contribution in [3.05, 3.63) is 172 Å². The highest BCUT2D eigenvalue weighted by Crippen LogP contribution is 2.26. The largest absolute Gasteiger partial charge is 0.504 e. The van der Waals surface area contributed by atoms with Gasteiger partial charge in [-0.15, -0.1) is 0 Å². The molecule has 0 atom stereocenters. The number of carbonyl (C=O) groups excluding carboxylic acids is 3. The van der Waals surface area contributed by atoms with Crippen LogP contribution in [0.25, 0.3) is 0 Å². The Hall–Kier alpha value is -6.40. The second-order valence-corrected chi connectivity index (χ2v) is 14.2. The first-order valence-corrected chi connectivity index (χ1v) is 18.6. The molecule has 0 spiro atoms. The summed E-state index contributed by atoms with van der Waals surface area (Å²) in [6.45, 7) is 1.30. The van der Waals surface area contributed by atoms with Crippen LogP contribution in [0, 0.1) is 0 Å². The summed E-state index contributed by atoms with van der Waals surface area (Å²) in [4.78, 5) is 41.5. The maximum atomic E-state index is 13.0. The van der Waals surface area contributed by atoms with Crippen molar-refractivity contribution >= 4 is 23.0 Å². The Morgan fingerprint density at radius 1 is 0.500 bits per heavy atom. The second-order valence-electron chi connectivity index (χ2n) is 14.2. The second kappa shape index (κ2) is 20.9. The van der Waals surface area contributed by atoms with Crippen molar-refractivity contribution < 1.29 is 69.2 Å². The lowest BCUT2D eigenvalue weighted by atomic mass is 10.0. The monoisotopic (exact) mass is 877 g/mol. The van der Waals surface area contributed by atoms with Gasteiger partial charge in [0.1, 0.15) is 0 Å². The molecule has 0 heterocycles. The van der Waals surface area contributed by atoms with Gasteiger partial charge in [-0.3, -0.25) is 24.2 Å². The normalized spacial score (nSPS) is 13.2. The maximum absolute atomic E-state index is 13.0. The third-order valence-electron chi connectivity index (χ3n) is 9.14. The molecule has 0 fully saturated rings. The fourth-order valence-electron chi connectivity index (χ4n) is 6.06. The summed E-state index contributed by atoms with van der Waals surface area (Å²) in [7, 11) is 0. The molecule has 0 saturated carbocycles. The van der Waals surface area contributed by atoms with Gasteiger partial charge < -0.3 is 21.1 Å². The first kappa shape index (κ1) is 48.3. The fraction of sp³-hybridized carbons (Fsp3) is 0.250. The van der Waals surface area contributed by atoms with Crippen LogP contribution in [0.5, 0.6) is 0 Å². The molecule has 0 saturated heterocycles. The van der Waals surface area contributed by atoms with E-state index >= 15 is 0 Å². The number of alkyl halides is 9. The number of hydrogen-bond acceptors (Lipinski definition) is 9. The van der Waals surface area contributed by atoms with Gasteiger partial charge >= 0.3 is 18.5 Å². The molecule has 4 aromatic rings. The molecule has 0 unspecified atom stereocenters. The smallest absolute Gasteiger partial charge is 0.448 e. The molecular weight excluding hydrogens is 837 g/mol. The third kappa shape index (κ3) is 15.6. The number of nitrogen functional groups attached to an aromatic ring is 1. The lowest BCUT2D eigenvalue weighted by Gasteiger charge is -2.28. The van der Waals surface area contributed by atoms with Crippen LogP contribution >= 0.6 is 0 Å². The van der Waals surface area contributed by atoms with Crippen LogP contribution in [-0.2, 0) is 37.3 Å². The molecular formula is C44H40F9N3O6. The molecule has 330 valence electrons. The van der Waals surface area contributed by atoms with E-state index < -0.39 is 59.6 Å². The minimum Gasteiger partial charge on any atom is -0.504 e. The van der Waals surface area contributed by atoms with Crippen LogP contribution in [-0.4, -0.2) is 80.6 Å². The topological polar surface area (TPSA) is 144 Å². The van der Waals surface area contributed by atoms with Crippen molar-refractivity contribution in [1.82, 2.24) is 9.80 Å². The summed E-state index contributed by atoms with van der Waals surface area (Å²) in [5, 5.41) is 27.9. The SMILES string of the molecule is Nc1ccc(CCN(CCN(Cc2cccc(CC(=O)/C=C(\O)C(F)(F)F)c2)Cc2cccc(C(=O)/C=C(\O)C(F)(F)F)c2)Cc2cccc(C(=O)/C=C(\O)C(F)(F)F)c2)cc1. The molecule has 0 aliphatic heterocycles. The Kier molecular flexibility index (Phi) is 16.3. The summed E-state index contributed by atoms with van der Waals surface area (Å²) in [5.74, 6) is -9.40. The number of benzene rings is 4. The Bertz CT molecular complexity index is 2300. The van der Waals surface area contributed by atoms with Crippen LogP contribution < -0.4 is 5.73 Å². The van der Waals surface area contributed by atoms with E-state index in [4.69, 9.17) is 5.73 Å². The number of aliphatic hydroxyl groups excluding tert-OH is 3. The Labute approximate surface area is 349 Å². The van der Waals surface area contributed by atoms with Gasteiger partial charge in [0.15, 0.2) is 17.3 Å². The van der Waals surface area contributed by atoms with Gasteiger partial charge in [-0.1, -0.05) is 72.8 Å². The standard InChI is InChI=1S/C44H40F9N3O6/c45-42(46,47)39(60)22-36(57)21-29-4-1-5-30(18-29)26-56(27-32-7-3-9-34(20-32)38(59)24-41(62)44(51,52)53)17-16-55(15-14-28-10-12-35(54)13-11-28)25-31-6-2-8-33(19-31)37(58)23-40(61)43(48,49)50/h1-13,18-20,22-24,60-62H,14-17,21,25-27,54H2/b39-22-,40-23-,41-24-. The van der Waals surface area contributed by atoms with Gasteiger partial charge in [0.25, 0.3) is 0 Å². The molecule has 0 aliphatic rings. The number of carbonyl (C=O) groups is 3. The first-order valence-electron chi connectivity index (χ1n) is 18.6. The van der Waals surface area contributed by atoms with Gasteiger partial charge in [-0.05, 0) is 58.5 Å². The summed E-state index contributed by atoms with van der Waals surface area (Å²) in [6, 6.07) is 24.9. The first-order chi connectivity index (χ1) is 29.0. The number of allylic oxidation sites excluding steroid dienone is 6. The molecule has 18 heteroatoms. The number of hydrogen-bond donors (Lipinski definition) is 4. The summed E-state index contributed by atoms with van der Waals surface area (Å²) >= 11 is 0. The van der Waals surface area contributed by atoms with E-state index in [-0.39, 0.29) is 62.1 Å². The molecule has 0 amide bonds. The molecule has 0 aliphatic carbocycles. The molecule has 9 nitrogen and oxygen atoms in total. The lowest BCUT2D eigenvalue weighted by molar-refractivity contribution is -0.125. The Morgan fingerprint density at radius 2 is 0.903 bits per heavy atom. The predicted molar refractivity (Wildman–Crippen MR) is 211 cm³/mol. The van der Waals surface area contributed by atoms with Crippen molar-refractivity contribution in [3.63, 3.8) is 0 Å². The average Bonchev–Trinajstić information content (AvgIpc) is 3.18. The minimum atomic E-state index is -5.15. The number of ketones is 3. The molecule has 5 N–H and O–H groups in total. The highest BCUT2D eigenvalue weighted by Gasteiger charge is 2.36. The van der Waals surface area contributed by atoms with Gasteiger partial charge in [0, 0.05) is 80.7 Å². The Morgan fingerprint density at radius 3 is 1.39 bits per heavy atom. The number of rotatable bonds is 19. The summed E-state index contributed by atoms with van der Waals surface area (Å²) < 4.78 is 116. The van der Waals surface area contributed by atoms with E-state index in [0.29, 0.717) is 40.9 Å². The number of anilines is 1. The average molecular weight is 878 g/mol.